The van der Waals surface area contributed by atoms with Crippen molar-refractivity contribution in [2.45, 2.75) is 6.42 Å². The molecule has 1 aliphatic heterocycles. The standard InChI is InChI=1S/C6H10O2S/c1-2-6-3-4-9(7,8)5-6/h2,6H,1,3-5H2. The van der Waals surface area contributed by atoms with E-state index in [1.165, 1.54) is 0 Å². The third-order valence-electron chi connectivity index (χ3n) is 1.60. The highest BCUT2D eigenvalue weighted by Crippen LogP contribution is 2.18. The first-order valence-electron chi connectivity index (χ1n) is 2.97. The second kappa shape index (κ2) is 2.14. The van der Waals surface area contributed by atoms with Crippen LogP contribution in [0, 0.1) is 5.92 Å². The summed E-state index contributed by atoms with van der Waals surface area (Å²) in [6, 6.07) is 0. The number of allylic oxidation sites excluding steroid dienone is 1. The molecule has 0 saturated carbocycles. The van der Waals surface area contributed by atoms with E-state index in [-0.39, 0.29) is 5.92 Å². The topological polar surface area (TPSA) is 34.1 Å². The minimum absolute atomic E-state index is 0.218. The molecule has 0 aromatic heterocycles. The fourth-order valence-corrected chi connectivity index (χ4v) is 2.79. The van der Waals surface area contributed by atoms with Gasteiger partial charge in [-0.2, -0.15) is 0 Å². The van der Waals surface area contributed by atoms with Gasteiger partial charge in [0.2, 0.25) is 0 Å². The molecule has 1 rings (SSSR count). The molecule has 0 N–H and O–H groups in total. The average molecular weight is 146 g/mol. The minimum atomic E-state index is -2.68. The maximum atomic E-state index is 10.8. The Labute approximate surface area is 55.5 Å². The first-order valence-corrected chi connectivity index (χ1v) is 4.79. The van der Waals surface area contributed by atoms with Crippen LogP contribution in [0.5, 0.6) is 0 Å². The molecule has 2 nitrogen and oxygen atoms in total. The fourth-order valence-electron chi connectivity index (χ4n) is 1.01. The zero-order chi connectivity index (χ0) is 6.91. The third-order valence-corrected chi connectivity index (χ3v) is 3.39. The lowest BCUT2D eigenvalue weighted by Gasteiger charge is -1.93. The van der Waals surface area contributed by atoms with E-state index < -0.39 is 9.84 Å². The van der Waals surface area contributed by atoms with Gasteiger partial charge in [-0.3, -0.25) is 0 Å². The van der Waals surface area contributed by atoms with E-state index in [1.807, 2.05) is 0 Å². The monoisotopic (exact) mass is 146 g/mol. The summed E-state index contributed by atoms with van der Waals surface area (Å²) < 4.78 is 21.5. The zero-order valence-corrected chi connectivity index (χ0v) is 6.02. The Kier molecular flexibility index (Phi) is 1.62. The van der Waals surface area contributed by atoms with Crippen molar-refractivity contribution in [1.82, 2.24) is 0 Å². The summed E-state index contributed by atoms with van der Waals surface area (Å²) in [6.07, 6.45) is 2.50. The Balaban J connectivity index is 2.68. The highest BCUT2D eigenvalue weighted by Gasteiger charge is 2.24. The summed E-state index contributed by atoms with van der Waals surface area (Å²) in [5, 5.41) is 0. The zero-order valence-electron chi connectivity index (χ0n) is 5.21. The van der Waals surface area contributed by atoms with Gasteiger partial charge < -0.3 is 0 Å². The molecule has 0 amide bonds. The smallest absolute Gasteiger partial charge is 0.150 e. The number of sulfone groups is 1. The van der Waals surface area contributed by atoms with Gasteiger partial charge in [-0.05, 0) is 12.3 Å². The van der Waals surface area contributed by atoms with Gasteiger partial charge in [-0.25, -0.2) is 8.42 Å². The fraction of sp³-hybridized carbons (Fsp3) is 0.667. The lowest BCUT2D eigenvalue weighted by Crippen LogP contribution is -2.02. The van der Waals surface area contributed by atoms with Crippen LogP contribution < -0.4 is 0 Å². The summed E-state index contributed by atoms with van der Waals surface area (Å²) in [5.74, 6) is 0.884. The number of hydrogen-bond acceptors (Lipinski definition) is 2. The quantitative estimate of drug-likeness (QED) is 0.508. The van der Waals surface area contributed by atoms with Crippen LogP contribution in [0.25, 0.3) is 0 Å². The van der Waals surface area contributed by atoms with Crippen LogP contribution in [0.15, 0.2) is 12.7 Å². The largest absolute Gasteiger partial charge is 0.229 e. The normalized spacial score (nSPS) is 32.2. The van der Waals surface area contributed by atoms with E-state index in [9.17, 15) is 8.42 Å². The second-order valence-corrected chi connectivity index (χ2v) is 4.63. The van der Waals surface area contributed by atoms with Gasteiger partial charge in [0.05, 0.1) is 11.5 Å². The van der Waals surface area contributed by atoms with Gasteiger partial charge >= 0.3 is 0 Å². The predicted octanol–water partition coefficient (Wildman–Crippen LogP) is 0.607. The van der Waals surface area contributed by atoms with Crippen LogP contribution in [0.1, 0.15) is 6.42 Å². The van der Waals surface area contributed by atoms with Gasteiger partial charge in [0.25, 0.3) is 0 Å². The maximum Gasteiger partial charge on any atom is 0.150 e. The molecule has 1 saturated heterocycles. The number of rotatable bonds is 1. The average Bonchev–Trinajstić information content (AvgIpc) is 2.10. The van der Waals surface area contributed by atoms with Crippen LogP contribution in [0.4, 0.5) is 0 Å². The van der Waals surface area contributed by atoms with Crippen molar-refractivity contribution in [2.75, 3.05) is 11.5 Å². The molecule has 52 valence electrons. The van der Waals surface area contributed by atoms with Gasteiger partial charge in [-0.1, -0.05) is 6.08 Å². The van der Waals surface area contributed by atoms with E-state index in [2.05, 4.69) is 6.58 Å². The highest BCUT2D eigenvalue weighted by molar-refractivity contribution is 7.91. The van der Waals surface area contributed by atoms with E-state index in [4.69, 9.17) is 0 Å². The van der Waals surface area contributed by atoms with E-state index >= 15 is 0 Å². The van der Waals surface area contributed by atoms with Crippen molar-refractivity contribution in [1.29, 1.82) is 0 Å². The van der Waals surface area contributed by atoms with Crippen molar-refractivity contribution in [3.8, 4) is 0 Å². The first kappa shape index (κ1) is 6.81. The van der Waals surface area contributed by atoms with Gasteiger partial charge in [-0.15, -0.1) is 6.58 Å². The van der Waals surface area contributed by atoms with Gasteiger partial charge in [0.15, 0.2) is 9.84 Å². The van der Waals surface area contributed by atoms with Crippen molar-refractivity contribution in [3.63, 3.8) is 0 Å². The minimum Gasteiger partial charge on any atom is -0.229 e. The summed E-state index contributed by atoms with van der Waals surface area (Å²) >= 11 is 0. The van der Waals surface area contributed by atoms with Crippen LogP contribution in [-0.4, -0.2) is 19.9 Å². The molecule has 1 heterocycles. The predicted molar refractivity (Wildman–Crippen MR) is 37.0 cm³/mol. The molecule has 0 aromatic rings. The molecule has 1 atom stereocenters. The molecule has 0 aliphatic carbocycles. The SMILES string of the molecule is C=CC1CCS(=O)(=O)C1. The molecule has 0 radical (unpaired) electrons. The van der Waals surface area contributed by atoms with Crippen molar-refractivity contribution in [3.05, 3.63) is 12.7 Å². The van der Waals surface area contributed by atoms with Crippen molar-refractivity contribution < 1.29 is 8.42 Å². The van der Waals surface area contributed by atoms with Crippen molar-refractivity contribution in [2.24, 2.45) is 5.92 Å². The van der Waals surface area contributed by atoms with Crippen LogP contribution in [0.3, 0.4) is 0 Å². The lowest BCUT2D eigenvalue weighted by molar-refractivity contribution is 0.601. The summed E-state index contributed by atoms with van der Waals surface area (Å²) in [5.41, 5.74) is 0. The summed E-state index contributed by atoms with van der Waals surface area (Å²) in [4.78, 5) is 0. The molecule has 1 unspecified atom stereocenters. The molecule has 9 heavy (non-hydrogen) atoms. The highest BCUT2D eigenvalue weighted by atomic mass is 32.2. The summed E-state index contributed by atoms with van der Waals surface area (Å²) in [6.45, 7) is 3.54. The molecule has 1 fully saturated rings. The lowest BCUT2D eigenvalue weighted by atomic mass is 10.1. The Morgan fingerprint density at radius 1 is 1.56 bits per heavy atom. The van der Waals surface area contributed by atoms with Gasteiger partial charge in [0.1, 0.15) is 0 Å². The number of hydrogen-bond donors (Lipinski definition) is 0. The molecule has 3 heteroatoms. The second-order valence-electron chi connectivity index (χ2n) is 2.40. The van der Waals surface area contributed by atoms with Crippen LogP contribution in [0.2, 0.25) is 0 Å². The Morgan fingerprint density at radius 2 is 2.22 bits per heavy atom. The van der Waals surface area contributed by atoms with E-state index in [1.54, 1.807) is 6.08 Å². The van der Waals surface area contributed by atoms with Gasteiger partial charge in [0, 0.05) is 0 Å². The summed E-state index contributed by atoms with van der Waals surface area (Å²) in [7, 11) is -2.68. The first-order chi connectivity index (χ1) is 4.14. The molecule has 0 spiro atoms. The van der Waals surface area contributed by atoms with Crippen LogP contribution in [-0.2, 0) is 9.84 Å². The Bertz CT molecular complexity index is 203. The third kappa shape index (κ3) is 1.55. The Hall–Kier alpha value is -0.310. The van der Waals surface area contributed by atoms with E-state index in [0.29, 0.717) is 11.5 Å². The molecule has 1 aliphatic rings. The molecule has 0 bridgehead atoms. The molecular formula is C6H10O2S. The Morgan fingerprint density at radius 3 is 2.44 bits per heavy atom. The van der Waals surface area contributed by atoms with Crippen LogP contribution >= 0.6 is 0 Å². The molecular weight excluding hydrogens is 136 g/mol. The maximum absolute atomic E-state index is 10.8. The van der Waals surface area contributed by atoms with E-state index in [0.717, 1.165) is 6.42 Å². The van der Waals surface area contributed by atoms with Crippen molar-refractivity contribution >= 4 is 9.84 Å². The molecule has 0 aromatic carbocycles.